The van der Waals surface area contributed by atoms with Crippen molar-refractivity contribution in [3.63, 3.8) is 0 Å². The summed E-state index contributed by atoms with van der Waals surface area (Å²) in [5.74, 6) is -0.573. The first-order valence-electron chi connectivity index (χ1n) is 5.46. The molecule has 20 heavy (non-hydrogen) atoms. The third-order valence-electron chi connectivity index (χ3n) is 2.34. The molecule has 0 aliphatic heterocycles. The van der Waals surface area contributed by atoms with Crippen LogP contribution in [0.15, 0.2) is 8.26 Å². The largest absolute Gasteiger partial charge is 0.481 e. The van der Waals surface area contributed by atoms with E-state index in [9.17, 15) is 9.59 Å². The minimum atomic E-state index is -0.535. The lowest BCUT2D eigenvalue weighted by Crippen LogP contribution is -2.33. The van der Waals surface area contributed by atoms with Crippen LogP contribution in [0.3, 0.4) is 0 Å². The standard InChI is InChI=1S/C11H13Br2NO5S/c1-14(3-4-15)6(16)5-19-8-7(12)10(13)20-9(8)11(17)18-2/h15H,3-5H2,1-2H3. The van der Waals surface area contributed by atoms with Crippen molar-refractivity contribution in [3.8, 4) is 5.75 Å². The summed E-state index contributed by atoms with van der Waals surface area (Å²) in [7, 11) is 2.83. The molecule has 0 aliphatic carbocycles. The van der Waals surface area contributed by atoms with Gasteiger partial charge in [-0.1, -0.05) is 0 Å². The van der Waals surface area contributed by atoms with Gasteiger partial charge in [0.15, 0.2) is 17.2 Å². The Hall–Kier alpha value is -0.640. The molecule has 0 aliphatic rings. The predicted molar refractivity (Wildman–Crippen MR) is 81.3 cm³/mol. The number of nitrogens with zero attached hydrogens (tertiary/aromatic N) is 1. The minimum absolute atomic E-state index is 0.122. The predicted octanol–water partition coefficient (Wildman–Crippen LogP) is 1.89. The molecule has 0 fully saturated rings. The first kappa shape index (κ1) is 17.4. The van der Waals surface area contributed by atoms with Gasteiger partial charge in [0.1, 0.15) is 0 Å². The van der Waals surface area contributed by atoms with E-state index in [0.717, 1.165) is 11.3 Å². The molecule has 6 nitrogen and oxygen atoms in total. The number of hydrogen-bond acceptors (Lipinski definition) is 6. The Morgan fingerprint density at radius 3 is 2.60 bits per heavy atom. The first-order valence-corrected chi connectivity index (χ1v) is 7.86. The van der Waals surface area contributed by atoms with Crippen LogP contribution in [0, 0.1) is 0 Å². The van der Waals surface area contributed by atoms with Crippen molar-refractivity contribution in [1.82, 2.24) is 4.90 Å². The average Bonchev–Trinajstić information content (AvgIpc) is 2.71. The van der Waals surface area contributed by atoms with Crippen molar-refractivity contribution in [2.24, 2.45) is 0 Å². The van der Waals surface area contributed by atoms with Crippen LogP contribution in [0.4, 0.5) is 0 Å². The number of thiophene rings is 1. The van der Waals surface area contributed by atoms with Crippen LogP contribution in [-0.4, -0.2) is 55.8 Å². The highest BCUT2D eigenvalue weighted by atomic mass is 79.9. The molecular weight excluding hydrogens is 418 g/mol. The summed E-state index contributed by atoms with van der Waals surface area (Å²) in [4.78, 5) is 25.0. The van der Waals surface area contributed by atoms with Crippen LogP contribution < -0.4 is 4.74 Å². The van der Waals surface area contributed by atoms with Crippen molar-refractivity contribution in [2.75, 3.05) is 33.9 Å². The number of likely N-dealkylation sites (N-methyl/N-ethyl adjacent to an activating group) is 1. The van der Waals surface area contributed by atoms with Crippen LogP contribution in [0.2, 0.25) is 0 Å². The number of methoxy groups -OCH3 is 1. The van der Waals surface area contributed by atoms with E-state index in [1.807, 2.05) is 0 Å². The van der Waals surface area contributed by atoms with Crippen LogP contribution in [0.5, 0.6) is 5.75 Å². The SMILES string of the molecule is COC(=O)c1sc(Br)c(Br)c1OCC(=O)N(C)CCO. The van der Waals surface area contributed by atoms with Gasteiger partial charge in [0.25, 0.3) is 5.91 Å². The van der Waals surface area contributed by atoms with Crippen LogP contribution in [-0.2, 0) is 9.53 Å². The second-order valence-electron chi connectivity index (χ2n) is 3.67. The Labute approximate surface area is 136 Å². The zero-order valence-corrected chi connectivity index (χ0v) is 14.8. The number of hydrogen-bond donors (Lipinski definition) is 1. The van der Waals surface area contributed by atoms with Gasteiger partial charge in [0, 0.05) is 13.6 Å². The van der Waals surface area contributed by atoms with Gasteiger partial charge in [-0.3, -0.25) is 4.79 Å². The van der Waals surface area contributed by atoms with Gasteiger partial charge in [-0.05, 0) is 31.9 Å². The maximum absolute atomic E-state index is 11.7. The molecular formula is C11H13Br2NO5S. The van der Waals surface area contributed by atoms with Crippen molar-refractivity contribution >= 4 is 55.1 Å². The molecule has 0 aromatic carbocycles. The van der Waals surface area contributed by atoms with E-state index in [1.165, 1.54) is 12.0 Å². The van der Waals surface area contributed by atoms with Crippen molar-refractivity contribution in [2.45, 2.75) is 0 Å². The molecule has 9 heteroatoms. The lowest BCUT2D eigenvalue weighted by atomic mass is 10.4. The highest BCUT2D eigenvalue weighted by Crippen LogP contribution is 2.43. The van der Waals surface area contributed by atoms with E-state index in [4.69, 9.17) is 9.84 Å². The summed E-state index contributed by atoms with van der Waals surface area (Å²) in [6.07, 6.45) is 0. The maximum atomic E-state index is 11.7. The van der Waals surface area contributed by atoms with Crippen LogP contribution in [0.25, 0.3) is 0 Å². The fraction of sp³-hybridized carbons (Fsp3) is 0.455. The average molecular weight is 431 g/mol. The third kappa shape index (κ3) is 4.18. The number of carbonyl (C=O) groups excluding carboxylic acids is 2. The van der Waals surface area contributed by atoms with Crippen LogP contribution in [0.1, 0.15) is 9.67 Å². The lowest BCUT2D eigenvalue weighted by Gasteiger charge is -2.16. The van der Waals surface area contributed by atoms with Gasteiger partial charge >= 0.3 is 5.97 Å². The molecule has 1 aromatic rings. The normalized spacial score (nSPS) is 10.2. The smallest absolute Gasteiger partial charge is 0.351 e. The molecule has 0 unspecified atom stereocenters. The number of amides is 1. The van der Waals surface area contributed by atoms with Crippen molar-refractivity contribution in [3.05, 3.63) is 13.1 Å². The summed E-state index contributed by atoms with van der Waals surface area (Å²) in [5, 5.41) is 8.76. The molecule has 1 rings (SSSR count). The fourth-order valence-electron chi connectivity index (χ4n) is 1.24. The van der Waals surface area contributed by atoms with Crippen LogP contribution >= 0.6 is 43.2 Å². The Morgan fingerprint density at radius 2 is 2.05 bits per heavy atom. The molecule has 112 valence electrons. The second kappa shape index (κ2) is 7.96. The summed E-state index contributed by atoms with van der Waals surface area (Å²) < 4.78 is 11.3. The molecule has 1 heterocycles. The summed E-state index contributed by atoms with van der Waals surface area (Å²) in [6, 6.07) is 0. The summed E-state index contributed by atoms with van der Waals surface area (Å²) >= 11 is 7.71. The van der Waals surface area contributed by atoms with Gasteiger partial charge in [-0.25, -0.2) is 4.79 Å². The number of carbonyl (C=O) groups is 2. The maximum Gasteiger partial charge on any atom is 0.351 e. The molecule has 0 spiro atoms. The number of halogens is 2. The third-order valence-corrected chi connectivity index (χ3v) is 5.71. The van der Waals surface area contributed by atoms with E-state index in [0.29, 0.717) is 8.26 Å². The zero-order chi connectivity index (χ0) is 15.3. The van der Waals surface area contributed by atoms with E-state index in [-0.39, 0.29) is 36.3 Å². The number of aliphatic hydroxyl groups excluding tert-OH is 1. The molecule has 1 N–H and O–H groups in total. The summed E-state index contributed by atoms with van der Waals surface area (Å²) in [6.45, 7) is -0.133. The summed E-state index contributed by atoms with van der Waals surface area (Å²) in [5.41, 5.74) is 0. The topological polar surface area (TPSA) is 76.1 Å². The molecule has 0 saturated carbocycles. The first-order chi connectivity index (χ1) is 9.42. The monoisotopic (exact) mass is 429 g/mol. The van der Waals surface area contributed by atoms with Gasteiger partial charge in [0.2, 0.25) is 0 Å². The highest BCUT2D eigenvalue weighted by molar-refractivity contribution is 9.13. The van der Waals surface area contributed by atoms with Gasteiger partial charge in [-0.15, -0.1) is 11.3 Å². The fourth-order valence-corrected chi connectivity index (χ4v) is 3.38. The molecule has 1 amide bonds. The highest BCUT2D eigenvalue weighted by Gasteiger charge is 2.23. The van der Waals surface area contributed by atoms with Gasteiger partial charge in [-0.2, -0.15) is 0 Å². The number of ether oxygens (including phenoxy) is 2. The number of aliphatic hydroxyl groups is 1. The van der Waals surface area contributed by atoms with E-state index in [2.05, 4.69) is 36.6 Å². The van der Waals surface area contributed by atoms with Gasteiger partial charge < -0.3 is 19.5 Å². The minimum Gasteiger partial charge on any atom is -0.481 e. The molecule has 0 bridgehead atoms. The quantitative estimate of drug-likeness (QED) is 0.697. The molecule has 0 radical (unpaired) electrons. The Morgan fingerprint density at radius 1 is 1.40 bits per heavy atom. The zero-order valence-electron chi connectivity index (χ0n) is 10.8. The Balaban J connectivity index is 2.82. The second-order valence-corrected chi connectivity index (χ2v) is 6.80. The molecule has 0 atom stereocenters. The molecule has 0 saturated heterocycles. The van der Waals surface area contributed by atoms with Crippen molar-refractivity contribution < 1.29 is 24.2 Å². The molecule has 1 aromatic heterocycles. The number of esters is 1. The Kier molecular flexibility index (Phi) is 6.93. The van der Waals surface area contributed by atoms with E-state index >= 15 is 0 Å². The van der Waals surface area contributed by atoms with E-state index < -0.39 is 5.97 Å². The lowest BCUT2D eigenvalue weighted by molar-refractivity contribution is -0.132. The van der Waals surface area contributed by atoms with Gasteiger partial charge in [0.05, 0.1) is 22.0 Å². The van der Waals surface area contributed by atoms with Crippen molar-refractivity contribution in [1.29, 1.82) is 0 Å². The van der Waals surface area contributed by atoms with E-state index in [1.54, 1.807) is 7.05 Å². The number of rotatable bonds is 6. The Bertz CT molecular complexity index is 505.